The molecule has 0 spiro atoms. The molecular formula is C10H19NO3S. The lowest BCUT2D eigenvalue weighted by atomic mass is 10.1. The topological polar surface area (TPSA) is 69.4 Å². The number of primary sulfonamides is 1. The number of hydrogen-bond acceptors (Lipinski definition) is 3. The fourth-order valence-corrected chi connectivity index (χ4v) is 2.79. The zero-order chi connectivity index (χ0) is 11.3. The molecule has 2 atom stereocenters. The summed E-state index contributed by atoms with van der Waals surface area (Å²) in [5.74, 6) is 0. The minimum absolute atomic E-state index is 0.0677. The molecule has 0 aromatic heterocycles. The summed E-state index contributed by atoms with van der Waals surface area (Å²) in [5, 5.41) is 4.69. The molecule has 1 heterocycles. The lowest BCUT2D eigenvalue weighted by Gasteiger charge is -2.17. The highest BCUT2D eigenvalue weighted by Gasteiger charge is 2.27. The molecule has 1 aliphatic rings. The van der Waals surface area contributed by atoms with Crippen molar-refractivity contribution in [1.82, 2.24) is 0 Å². The second-order valence-electron chi connectivity index (χ2n) is 3.95. The fraction of sp³-hybridized carbons (Fsp3) is 0.800. The molecule has 0 aromatic carbocycles. The van der Waals surface area contributed by atoms with Crippen LogP contribution in [0.3, 0.4) is 0 Å². The summed E-state index contributed by atoms with van der Waals surface area (Å²) in [6, 6.07) is 0. The Kier molecular flexibility index (Phi) is 4.76. The normalized spacial score (nSPS) is 23.9. The SMILES string of the molecule is C=CCC[C@H](C[C@H]1CCCO1)S(N)(=O)=O. The Bertz CT molecular complexity index is 294. The predicted octanol–water partition coefficient (Wildman–Crippen LogP) is 1.18. The van der Waals surface area contributed by atoms with Gasteiger partial charge in [0.15, 0.2) is 0 Å². The predicted molar refractivity (Wildman–Crippen MR) is 59.9 cm³/mol. The van der Waals surface area contributed by atoms with Gasteiger partial charge >= 0.3 is 0 Å². The van der Waals surface area contributed by atoms with Crippen molar-refractivity contribution in [3.63, 3.8) is 0 Å². The van der Waals surface area contributed by atoms with E-state index in [9.17, 15) is 8.42 Å². The molecule has 4 nitrogen and oxygen atoms in total. The van der Waals surface area contributed by atoms with Gasteiger partial charge in [-0.15, -0.1) is 6.58 Å². The van der Waals surface area contributed by atoms with Crippen molar-refractivity contribution >= 4 is 10.0 Å². The summed E-state index contributed by atoms with van der Waals surface area (Å²) in [4.78, 5) is 0. The number of rotatable bonds is 6. The van der Waals surface area contributed by atoms with Crippen LogP contribution in [0.2, 0.25) is 0 Å². The largest absolute Gasteiger partial charge is 0.378 e. The van der Waals surface area contributed by atoms with Gasteiger partial charge in [-0.2, -0.15) is 0 Å². The van der Waals surface area contributed by atoms with Crippen LogP contribution in [0, 0.1) is 0 Å². The molecule has 1 rings (SSSR count). The number of hydrogen-bond donors (Lipinski definition) is 1. The Morgan fingerprint density at radius 2 is 2.33 bits per heavy atom. The van der Waals surface area contributed by atoms with Crippen LogP contribution < -0.4 is 5.14 Å². The van der Waals surface area contributed by atoms with Crippen molar-refractivity contribution in [2.45, 2.75) is 43.5 Å². The summed E-state index contributed by atoms with van der Waals surface area (Å²) >= 11 is 0. The zero-order valence-electron chi connectivity index (χ0n) is 8.89. The van der Waals surface area contributed by atoms with Crippen LogP contribution in [0.15, 0.2) is 12.7 Å². The first-order chi connectivity index (χ1) is 7.04. The van der Waals surface area contributed by atoms with E-state index in [-0.39, 0.29) is 6.10 Å². The highest BCUT2D eigenvalue weighted by molar-refractivity contribution is 7.89. The molecule has 1 saturated heterocycles. The highest BCUT2D eigenvalue weighted by Crippen LogP contribution is 2.21. The van der Waals surface area contributed by atoms with Crippen molar-refractivity contribution < 1.29 is 13.2 Å². The molecule has 1 aliphatic heterocycles. The van der Waals surface area contributed by atoms with Gasteiger partial charge in [0.25, 0.3) is 0 Å². The number of nitrogens with two attached hydrogens (primary N) is 1. The average molecular weight is 233 g/mol. The van der Waals surface area contributed by atoms with Crippen molar-refractivity contribution in [2.24, 2.45) is 5.14 Å². The van der Waals surface area contributed by atoms with Crippen LogP contribution in [0.5, 0.6) is 0 Å². The van der Waals surface area contributed by atoms with Gasteiger partial charge < -0.3 is 4.74 Å². The maximum Gasteiger partial charge on any atom is 0.212 e. The standard InChI is InChI=1S/C10H19NO3S/c1-2-3-6-10(15(11,12)13)8-9-5-4-7-14-9/h2,9-10H,1,3-8H2,(H2,11,12,13)/t9-,10-/m1/s1. The summed E-state index contributed by atoms with van der Waals surface area (Å²) in [6.45, 7) is 4.32. The molecule has 2 N–H and O–H groups in total. The van der Waals surface area contributed by atoms with Gasteiger partial charge in [0.05, 0.1) is 11.4 Å². The second-order valence-corrected chi connectivity index (χ2v) is 5.79. The molecule has 1 fully saturated rings. The molecular weight excluding hydrogens is 214 g/mol. The van der Waals surface area contributed by atoms with Crippen LogP contribution in [-0.2, 0) is 14.8 Å². The van der Waals surface area contributed by atoms with E-state index in [1.54, 1.807) is 6.08 Å². The molecule has 0 aliphatic carbocycles. The molecule has 0 radical (unpaired) electrons. The van der Waals surface area contributed by atoms with Gasteiger partial charge in [-0.25, -0.2) is 13.6 Å². The van der Waals surface area contributed by atoms with Crippen molar-refractivity contribution in [1.29, 1.82) is 0 Å². The quantitative estimate of drug-likeness (QED) is 0.700. The van der Waals surface area contributed by atoms with Crippen molar-refractivity contribution in [3.05, 3.63) is 12.7 Å². The molecule has 88 valence electrons. The first-order valence-corrected chi connectivity index (χ1v) is 6.89. The molecule has 0 saturated carbocycles. The molecule has 0 unspecified atom stereocenters. The summed E-state index contributed by atoms with van der Waals surface area (Å²) in [7, 11) is -3.45. The molecule has 15 heavy (non-hydrogen) atoms. The molecule has 0 amide bonds. The van der Waals surface area contributed by atoms with E-state index < -0.39 is 15.3 Å². The molecule has 0 bridgehead atoms. The zero-order valence-corrected chi connectivity index (χ0v) is 9.71. The van der Waals surface area contributed by atoms with E-state index in [4.69, 9.17) is 9.88 Å². The maximum absolute atomic E-state index is 11.3. The average Bonchev–Trinajstić information content (AvgIpc) is 2.62. The second kappa shape index (κ2) is 5.63. The smallest absolute Gasteiger partial charge is 0.212 e. The lowest BCUT2D eigenvalue weighted by Crippen LogP contribution is -2.31. The summed E-state index contributed by atoms with van der Waals surface area (Å²) in [6.07, 6.45) is 5.48. The van der Waals surface area contributed by atoms with Crippen LogP contribution in [-0.4, -0.2) is 26.4 Å². The van der Waals surface area contributed by atoms with E-state index in [1.165, 1.54) is 0 Å². The van der Waals surface area contributed by atoms with E-state index in [0.717, 1.165) is 19.4 Å². The van der Waals surface area contributed by atoms with E-state index in [2.05, 4.69) is 6.58 Å². The van der Waals surface area contributed by atoms with Crippen LogP contribution in [0.25, 0.3) is 0 Å². The number of sulfonamides is 1. The highest BCUT2D eigenvalue weighted by atomic mass is 32.2. The first-order valence-electron chi connectivity index (χ1n) is 5.28. The van der Waals surface area contributed by atoms with Crippen molar-refractivity contribution in [2.75, 3.05) is 6.61 Å². The monoisotopic (exact) mass is 233 g/mol. The number of ether oxygens (including phenoxy) is 1. The van der Waals surface area contributed by atoms with Gasteiger partial charge in [-0.3, -0.25) is 0 Å². The van der Waals surface area contributed by atoms with E-state index in [1.807, 2.05) is 0 Å². The third-order valence-electron chi connectivity index (χ3n) is 2.71. The van der Waals surface area contributed by atoms with Crippen molar-refractivity contribution in [3.8, 4) is 0 Å². The van der Waals surface area contributed by atoms with Gasteiger partial charge in [-0.1, -0.05) is 6.08 Å². The Labute approximate surface area is 91.5 Å². The van der Waals surface area contributed by atoms with Crippen LogP contribution in [0.4, 0.5) is 0 Å². The van der Waals surface area contributed by atoms with Gasteiger partial charge in [0, 0.05) is 6.61 Å². The number of allylic oxidation sites excluding steroid dienone is 1. The van der Waals surface area contributed by atoms with E-state index >= 15 is 0 Å². The van der Waals surface area contributed by atoms with Gasteiger partial charge in [-0.05, 0) is 32.1 Å². The Hall–Kier alpha value is -0.390. The Balaban J connectivity index is 2.51. The maximum atomic E-state index is 11.3. The van der Waals surface area contributed by atoms with Gasteiger partial charge in [0.1, 0.15) is 0 Å². The van der Waals surface area contributed by atoms with Gasteiger partial charge in [0.2, 0.25) is 10.0 Å². The third-order valence-corrected chi connectivity index (χ3v) is 4.06. The summed E-state index contributed by atoms with van der Waals surface area (Å²) < 4.78 is 28.0. The van der Waals surface area contributed by atoms with Crippen LogP contribution in [0.1, 0.15) is 32.1 Å². The van der Waals surface area contributed by atoms with E-state index in [0.29, 0.717) is 19.3 Å². The minimum atomic E-state index is -3.45. The fourth-order valence-electron chi connectivity index (χ4n) is 1.84. The Morgan fingerprint density at radius 3 is 2.80 bits per heavy atom. The Morgan fingerprint density at radius 1 is 1.60 bits per heavy atom. The third kappa shape index (κ3) is 4.32. The summed E-state index contributed by atoms with van der Waals surface area (Å²) in [5.41, 5.74) is 0. The molecule has 0 aromatic rings. The van der Waals surface area contributed by atoms with Crippen LogP contribution >= 0.6 is 0 Å². The molecule has 5 heteroatoms. The minimum Gasteiger partial charge on any atom is -0.378 e. The lowest BCUT2D eigenvalue weighted by molar-refractivity contribution is 0.103. The first kappa shape index (κ1) is 12.7.